The van der Waals surface area contributed by atoms with Gasteiger partial charge >= 0.3 is 5.97 Å². The summed E-state index contributed by atoms with van der Waals surface area (Å²) < 4.78 is 11.3. The monoisotopic (exact) mass is 349 g/mol. The number of carbonyl (C=O) groups is 2. The Hall–Kier alpha value is -1.36. The van der Waals surface area contributed by atoms with E-state index in [9.17, 15) is 14.7 Å². The Balaban J connectivity index is 1.48. The fourth-order valence-corrected chi connectivity index (χ4v) is 4.32. The molecule has 25 heavy (non-hydrogen) atoms. The molecule has 3 atom stereocenters. The molecule has 0 spiro atoms. The zero-order valence-electron chi connectivity index (χ0n) is 15.0. The molecule has 140 valence electrons. The number of hydrogen-bond acceptors (Lipinski definition) is 5. The third-order valence-corrected chi connectivity index (χ3v) is 5.82. The molecule has 1 aliphatic heterocycles. The fourth-order valence-electron chi connectivity index (χ4n) is 4.32. The van der Waals surface area contributed by atoms with E-state index in [0.29, 0.717) is 31.7 Å². The highest BCUT2D eigenvalue weighted by atomic mass is 16.6. The van der Waals surface area contributed by atoms with Crippen molar-refractivity contribution in [2.45, 2.75) is 89.3 Å². The Morgan fingerprint density at radius 3 is 2.80 bits per heavy atom. The summed E-state index contributed by atoms with van der Waals surface area (Å²) in [5.41, 5.74) is 1.55. The first kappa shape index (κ1) is 18.4. The van der Waals surface area contributed by atoms with Crippen LogP contribution in [0.2, 0.25) is 0 Å². The van der Waals surface area contributed by atoms with E-state index in [1.807, 2.05) is 0 Å². The molecule has 0 N–H and O–H groups in total. The second kappa shape index (κ2) is 8.35. The summed E-state index contributed by atoms with van der Waals surface area (Å²) in [6.07, 6.45) is 13.5. The van der Waals surface area contributed by atoms with Crippen LogP contribution >= 0.6 is 0 Å². The average Bonchev–Trinajstić information content (AvgIpc) is 3.36. The number of hydrogen-bond donors (Lipinski definition) is 0. The van der Waals surface area contributed by atoms with Gasteiger partial charge in [-0.15, -0.1) is 0 Å². The number of carboxylic acids is 1. The van der Waals surface area contributed by atoms with Crippen molar-refractivity contribution in [3.8, 4) is 0 Å². The van der Waals surface area contributed by atoms with Crippen molar-refractivity contribution < 1.29 is 24.2 Å². The van der Waals surface area contributed by atoms with Crippen molar-refractivity contribution in [1.29, 1.82) is 0 Å². The highest BCUT2D eigenvalue weighted by molar-refractivity contribution is 5.69. The van der Waals surface area contributed by atoms with E-state index in [1.54, 1.807) is 0 Å². The molecule has 3 unspecified atom stereocenters. The van der Waals surface area contributed by atoms with Gasteiger partial charge in [-0.3, -0.25) is 4.79 Å². The summed E-state index contributed by atoms with van der Waals surface area (Å²) in [7, 11) is 0. The number of aliphatic carboxylic acids is 1. The summed E-state index contributed by atoms with van der Waals surface area (Å²) in [6.45, 7) is 0.468. The Morgan fingerprint density at radius 2 is 2.08 bits per heavy atom. The highest BCUT2D eigenvalue weighted by Crippen LogP contribution is 2.50. The van der Waals surface area contributed by atoms with Crippen LogP contribution in [-0.4, -0.2) is 30.8 Å². The minimum Gasteiger partial charge on any atom is -0.550 e. The Bertz CT molecular complexity index is 526. The van der Waals surface area contributed by atoms with Gasteiger partial charge in [-0.1, -0.05) is 11.6 Å². The summed E-state index contributed by atoms with van der Waals surface area (Å²) in [5, 5.41) is 10.4. The summed E-state index contributed by atoms with van der Waals surface area (Å²) >= 11 is 0. The lowest BCUT2D eigenvalue weighted by atomic mass is 9.69. The molecule has 1 saturated carbocycles. The average molecular weight is 349 g/mol. The van der Waals surface area contributed by atoms with E-state index in [2.05, 4.69) is 6.08 Å². The van der Waals surface area contributed by atoms with Gasteiger partial charge in [0.1, 0.15) is 0 Å². The van der Waals surface area contributed by atoms with Gasteiger partial charge in [0.15, 0.2) is 0 Å². The van der Waals surface area contributed by atoms with Crippen LogP contribution in [0.15, 0.2) is 11.6 Å². The minimum absolute atomic E-state index is 0.00573. The van der Waals surface area contributed by atoms with Gasteiger partial charge in [0, 0.05) is 17.8 Å². The summed E-state index contributed by atoms with van der Waals surface area (Å²) in [5.74, 6) is -1.27. The van der Waals surface area contributed by atoms with E-state index < -0.39 is 5.97 Å². The fraction of sp³-hybridized carbons (Fsp3) is 0.800. The van der Waals surface area contributed by atoms with Crippen molar-refractivity contribution in [3.05, 3.63) is 11.6 Å². The minimum atomic E-state index is -1.06. The topological polar surface area (TPSA) is 79.0 Å². The van der Waals surface area contributed by atoms with Gasteiger partial charge in [0.05, 0.1) is 18.8 Å². The van der Waals surface area contributed by atoms with Crippen LogP contribution in [0.5, 0.6) is 0 Å². The van der Waals surface area contributed by atoms with Crippen LogP contribution in [-0.2, 0) is 19.1 Å². The molecule has 0 amide bonds. The Kier molecular flexibility index (Phi) is 6.15. The van der Waals surface area contributed by atoms with Crippen LogP contribution in [0.4, 0.5) is 0 Å². The Morgan fingerprint density at radius 1 is 1.24 bits per heavy atom. The first-order valence-electron chi connectivity index (χ1n) is 9.75. The molecule has 1 saturated heterocycles. The Labute approximate surface area is 149 Å². The molecule has 0 aromatic rings. The number of esters is 1. The molecule has 5 nitrogen and oxygen atoms in total. The van der Waals surface area contributed by atoms with E-state index >= 15 is 0 Å². The molecule has 5 heteroatoms. The maximum atomic E-state index is 12.0. The first-order chi connectivity index (χ1) is 12.1. The van der Waals surface area contributed by atoms with Crippen molar-refractivity contribution in [3.63, 3.8) is 0 Å². The molecule has 1 heterocycles. The van der Waals surface area contributed by atoms with Crippen molar-refractivity contribution in [2.75, 3.05) is 6.61 Å². The quantitative estimate of drug-likeness (QED) is 0.277. The maximum Gasteiger partial charge on any atom is 0.305 e. The number of unbranched alkanes of at least 4 members (excludes halogenated alkanes) is 1. The molecule has 0 radical (unpaired) electrons. The lowest BCUT2D eigenvalue weighted by molar-refractivity contribution is -0.305. The van der Waals surface area contributed by atoms with Gasteiger partial charge in [-0.25, -0.2) is 0 Å². The summed E-state index contributed by atoms with van der Waals surface area (Å²) in [4.78, 5) is 22.4. The maximum absolute atomic E-state index is 12.0. The third kappa shape index (κ3) is 5.56. The third-order valence-electron chi connectivity index (χ3n) is 5.82. The van der Waals surface area contributed by atoms with E-state index in [4.69, 9.17) is 9.47 Å². The zero-order valence-corrected chi connectivity index (χ0v) is 15.0. The van der Waals surface area contributed by atoms with E-state index in [1.165, 1.54) is 31.3 Å². The number of ether oxygens (including phenoxy) is 2. The molecule has 3 rings (SSSR count). The van der Waals surface area contributed by atoms with Crippen molar-refractivity contribution in [1.82, 2.24) is 0 Å². The van der Waals surface area contributed by atoms with Gasteiger partial charge in [-0.05, 0) is 70.6 Å². The molecule has 2 aliphatic carbocycles. The SMILES string of the molecule is O=C([O-])CCCCC(=O)OCC1(CC2=CCCCC2)CCC2OC2C1. The van der Waals surface area contributed by atoms with E-state index in [-0.39, 0.29) is 24.2 Å². The van der Waals surface area contributed by atoms with Crippen molar-refractivity contribution in [2.24, 2.45) is 5.41 Å². The molecule has 2 fully saturated rings. The van der Waals surface area contributed by atoms with Crippen LogP contribution in [0.1, 0.15) is 77.0 Å². The lowest BCUT2D eigenvalue weighted by Crippen LogP contribution is -2.34. The number of carbonyl (C=O) groups excluding carboxylic acids is 2. The van der Waals surface area contributed by atoms with Gasteiger partial charge in [0.25, 0.3) is 0 Å². The van der Waals surface area contributed by atoms with Crippen LogP contribution < -0.4 is 5.11 Å². The number of fused-ring (bicyclic) bond motifs is 1. The van der Waals surface area contributed by atoms with E-state index in [0.717, 1.165) is 25.7 Å². The predicted molar refractivity (Wildman–Crippen MR) is 90.5 cm³/mol. The zero-order chi connectivity index (χ0) is 17.7. The molecule has 0 aromatic heterocycles. The number of rotatable bonds is 9. The van der Waals surface area contributed by atoms with Crippen LogP contribution in [0.25, 0.3) is 0 Å². The molecule has 0 bridgehead atoms. The summed E-state index contributed by atoms with van der Waals surface area (Å²) in [6, 6.07) is 0. The molecular formula is C20H29O5-. The lowest BCUT2D eigenvalue weighted by Gasteiger charge is -2.36. The molecule has 0 aromatic carbocycles. The molecular weight excluding hydrogens is 320 g/mol. The highest BCUT2D eigenvalue weighted by Gasteiger charge is 2.51. The van der Waals surface area contributed by atoms with Gasteiger partial charge < -0.3 is 19.4 Å². The largest absolute Gasteiger partial charge is 0.550 e. The van der Waals surface area contributed by atoms with Crippen LogP contribution in [0, 0.1) is 5.41 Å². The predicted octanol–water partition coefficient (Wildman–Crippen LogP) is 2.67. The number of carboxylic acid groups (broad SMARTS) is 1. The second-order valence-corrected chi connectivity index (χ2v) is 7.98. The van der Waals surface area contributed by atoms with Gasteiger partial charge in [0.2, 0.25) is 0 Å². The van der Waals surface area contributed by atoms with Crippen LogP contribution in [0.3, 0.4) is 0 Å². The number of allylic oxidation sites excluding steroid dienone is 2. The number of epoxide rings is 1. The second-order valence-electron chi connectivity index (χ2n) is 7.98. The normalized spacial score (nSPS) is 31.0. The first-order valence-corrected chi connectivity index (χ1v) is 9.75. The van der Waals surface area contributed by atoms with Crippen molar-refractivity contribution >= 4 is 11.9 Å². The smallest absolute Gasteiger partial charge is 0.305 e. The van der Waals surface area contributed by atoms with Gasteiger partial charge in [-0.2, -0.15) is 0 Å². The molecule has 3 aliphatic rings. The standard InChI is InChI=1S/C20H30O5/c21-18(22)8-4-5-9-19(23)24-14-20(11-10-16-17(13-20)25-16)12-15-6-2-1-3-7-15/h6,16-17H,1-5,7-14H2,(H,21,22)/p-1.